The fourth-order valence-corrected chi connectivity index (χ4v) is 2.54. The topological polar surface area (TPSA) is 15.3 Å². The van der Waals surface area contributed by atoms with Crippen LogP contribution in [0.25, 0.3) is 0 Å². The van der Waals surface area contributed by atoms with E-state index in [-0.39, 0.29) is 0 Å². The Morgan fingerprint density at radius 1 is 1.22 bits per heavy atom. The van der Waals surface area contributed by atoms with Gasteiger partial charge in [0.05, 0.1) is 10.7 Å². The average molecular weight is 267 g/mol. The highest BCUT2D eigenvalue weighted by atomic mass is 35.5. The third-order valence-electron chi connectivity index (χ3n) is 3.83. The zero-order valence-corrected chi connectivity index (χ0v) is 12.1. The van der Waals surface area contributed by atoms with E-state index in [0.29, 0.717) is 5.41 Å². The summed E-state index contributed by atoms with van der Waals surface area (Å²) in [7, 11) is 0. The summed E-state index contributed by atoms with van der Waals surface area (Å²) < 4.78 is 0. The number of hydrogen-bond donors (Lipinski definition) is 1. The molecule has 0 unspecified atom stereocenters. The van der Waals surface area contributed by atoms with Crippen molar-refractivity contribution in [2.75, 3.05) is 31.5 Å². The zero-order chi connectivity index (χ0) is 13.0. The van der Waals surface area contributed by atoms with Crippen LogP contribution >= 0.6 is 11.6 Å². The zero-order valence-electron chi connectivity index (χ0n) is 11.4. The van der Waals surface area contributed by atoms with Gasteiger partial charge in [-0.1, -0.05) is 37.6 Å². The first-order valence-corrected chi connectivity index (χ1v) is 7.15. The maximum Gasteiger partial charge on any atom is 0.0637 e. The SMILES string of the molecule is CC1(C)CCN(CCNc2ccccc2Cl)CC1. The number of rotatable bonds is 4. The highest BCUT2D eigenvalue weighted by molar-refractivity contribution is 6.33. The molecule has 1 aliphatic rings. The van der Waals surface area contributed by atoms with E-state index in [2.05, 4.69) is 24.1 Å². The first-order valence-electron chi connectivity index (χ1n) is 6.78. The number of anilines is 1. The minimum Gasteiger partial charge on any atom is -0.383 e. The van der Waals surface area contributed by atoms with Crippen LogP contribution in [0, 0.1) is 5.41 Å². The van der Waals surface area contributed by atoms with Gasteiger partial charge in [0, 0.05) is 13.1 Å². The summed E-state index contributed by atoms with van der Waals surface area (Å²) in [5.41, 5.74) is 1.57. The molecule has 0 bridgehead atoms. The van der Waals surface area contributed by atoms with Crippen LogP contribution in [0.15, 0.2) is 24.3 Å². The Hall–Kier alpha value is -0.730. The Bertz CT molecular complexity index is 380. The fraction of sp³-hybridized carbons (Fsp3) is 0.600. The van der Waals surface area contributed by atoms with Gasteiger partial charge < -0.3 is 10.2 Å². The molecule has 2 rings (SSSR count). The Kier molecular flexibility index (Phi) is 4.52. The van der Waals surface area contributed by atoms with Crippen LogP contribution in [-0.4, -0.2) is 31.1 Å². The molecule has 0 atom stereocenters. The number of benzene rings is 1. The van der Waals surface area contributed by atoms with E-state index >= 15 is 0 Å². The number of para-hydroxylation sites is 1. The van der Waals surface area contributed by atoms with Gasteiger partial charge in [-0.25, -0.2) is 0 Å². The number of hydrogen-bond acceptors (Lipinski definition) is 2. The van der Waals surface area contributed by atoms with Crippen molar-refractivity contribution in [2.45, 2.75) is 26.7 Å². The molecule has 1 heterocycles. The van der Waals surface area contributed by atoms with Crippen LogP contribution < -0.4 is 5.32 Å². The second kappa shape index (κ2) is 5.94. The van der Waals surface area contributed by atoms with Gasteiger partial charge in [-0.2, -0.15) is 0 Å². The quantitative estimate of drug-likeness (QED) is 0.890. The van der Waals surface area contributed by atoms with Crippen molar-refractivity contribution in [3.63, 3.8) is 0 Å². The molecule has 1 fully saturated rings. The molecule has 0 radical (unpaired) electrons. The van der Waals surface area contributed by atoms with Crippen molar-refractivity contribution < 1.29 is 0 Å². The monoisotopic (exact) mass is 266 g/mol. The fourth-order valence-electron chi connectivity index (χ4n) is 2.34. The lowest BCUT2D eigenvalue weighted by Crippen LogP contribution is -2.39. The van der Waals surface area contributed by atoms with Crippen molar-refractivity contribution in [2.24, 2.45) is 5.41 Å². The number of piperidine rings is 1. The molecular weight excluding hydrogens is 244 g/mol. The average Bonchev–Trinajstić information content (AvgIpc) is 2.34. The normalized spacial score (nSPS) is 19.7. The molecule has 0 spiro atoms. The number of halogens is 1. The molecule has 1 aromatic carbocycles. The lowest BCUT2D eigenvalue weighted by atomic mass is 9.83. The molecule has 18 heavy (non-hydrogen) atoms. The summed E-state index contributed by atoms with van der Waals surface area (Å²) in [6, 6.07) is 7.92. The Balaban J connectivity index is 1.72. The molecule has 0 aliphatic carbocycles. The van der Waals surface area contributed by atoms with Crippen molar-refractivity contribution in [3.8, 4) is 0 Å². The first kappa shape index (κ1) is 13.7. The number of nitrogens with one attached hydrogen (secondary N) is 1. The van der Waals surface area contributed by atoms with E-state index in [0.717, 1.165) is 23.8 Å². The Labute approximate surface area is 115 Å². The number of likely N-dealkylation sites (tertiary alicyclic amines) is 1. The smallest absolute Gasteiger partial charge is 0.0637 e. The van der Waals surface area contributed by atoms with E-state index in [4.69, 9.17) is 11.6 Å². The lowest BCUT2D eigenvalue weighted by molar-refractivity contribution is 0.137. The molecule has 1 aliphatic heterocycles. The molecule has 0 saturated carbocycles. The van der Waals surface area contributed by atoms with Crippen LogP contribution in [0.1, 0.15) is 26.7 Å². The molecule has 1 aromatic rings. The van der Waals surface area contributed by atoms with Crippen molar-refractivity contribution in [3.05, 3.63) is 29.3 Å². The van der Waals surface area contributed by atoms with Crippen molar-refractivity contribution in [1.82, 2.24) is 4.90 Å². The third-order valence-corrected chi connectivity index (χ3v) is 4.16. The van der Waals surface area contributed by atoms with E-state index in [1.807, 2.05) is 24.3 Å². The largest absolute Gasteiger partial charge is 0.383 e. The highest BCUT2D eigenvalue weighted by Crippen LogP contribution is 2.29. The molecular formula is C15H23ClN2. The third kappa shape index (κ3) is 3.89. The molecule has 0 aromatic heterocycles. The standard InChI is InChI=1S/C15H23ClN2/c1-15(2)7-10-18(11-8-15)12-9-17-14-6-4-3-5-13(14)16/h3-6,17H,7-12H2,1-2H3. The summed E-state index contributed by atoms with van der Waals surface area (Å²) in [5, 5.41) is 4.21. The van der Waals surface area contributed by atoms with Gasteiger partial charge in [0.1, 0.15) is 0 Å². The molecule has 1 saturated heterocycles. The van der Waals surface area contributed by atoms with Gasteiger partial charge >= 0.3 is 0 Å². The predicted octanol–water partition coefficient (Wildman–Crippen LogP) is 3.87. The summed E-state index contributed by atoms with van der Waals surface area (Å²) in [6.07, 6.45) is 2.61. The summed E-state index contributed by atoms with van der Waals surface area (Å²) >= 11 is 6.11. The molecule has 100 valence electrons. The highest BCUT2D eigenvalue weighted by Gasteiger charge is 2.24. The van der Waals surface area contributed by atoms with Crippen LogP contribution in [0.2, 0.25) is 5.02 Å². The lowest BCUT2D eigenvalue weighted by Gasteiger charge is -2.36. The molecule has 2 nitrogen and oxygen atoms in total. The summed E-state index contributed by atoms with van der Waals surface area (Å²) in [5.74, 6) is 0. The number of nitrogens with zero attached hydrogens (tertiary/aromatic N) is 1. The first-order chi connectivity index (χ1) is 8.57. The minimum absolute atomic E-state index is 0.534. The predicted molar refractivity (Wildman–Crippen MR) is 79.4 cm³/mol. The van der Waals surface area contributed by atoms with Gasteiger partial charge in [-0.05, 0) is 43.5 Å². The van der Waals surface area contributed by atoms with Gasteiger partial charge in [0.25, 0.3) is 0 Å². The van der Waals surface area contributed by atoms with Gasteiger partial charge in [0.15, 0.2) is 0 Å². The van der Waals surface area contributed by atoms with E-state index in [1.54, 1.807) is 0 Å². The van der Waals surface area contributed by atoms with Crippen molar-refractivity contribution in [1.29, 1.82) is 0 Å². The minimum atomic E-state index is 0.534. The van der Waals surface area contributed by atoms with E-state index in [9.17, 15) is 0 Å². The second-order valence-electron chi connectivity index (χ2n) is 5.91. The van der Waals surface area contributed by atoms with Crippen LogP contribution in [-0.2, 0) is 0 Å². The molecule has 3 heteroatoms. The van der Waals surface area contributed by atoms with Gasteiger partial charge in [0.2, 0.25) is 0 Å². The van der Waals surface area contributed by atoms with E-state index < -0.39 is 0 Å². The van der Waals surface area contributed by atoms with Crippen molar-refractivity contribution >= 4 is 17.3 Å². The molecule has 0 amide bonds. The summed E-state index contributed by atoms with van der Waals surface area (Å²) in [6.45, 7) is 9.23. The van der Waals surface area contributed by atoms with Gasteiger partial charge in [-0.3, -0.25) is 0 Å². The molecule has 1 N–H and O–H groups in total. The maximum atomic E-state index is 6.11. The van der Waals surface area contributed by atoms with Crippen LogP contribution in [0.3, 0.4) is 0 Å². The Morgan fingerprint density at radius 3 is 2.56 bits per heavy atom. The second-order valence-corrected chi connectivity index (χ2v) is 6.32. The van der Waals surface area contributed by atoms with E-state index in [1.165, 1.54) is 25.9 Å². The maximum absolute atomic E-state index is 6.11. The van der Waals surface area contributed by atoms with Crippen LogP contribution in [0.4, 0.5) is 5.69 Å². The van der Waals surface area contributed by atoms with Gasteiger partial charge in [-0.15, -0.1) is 0 Å². The summed E-state index contributed by atoms with van der Waals surface area (Å²) in [4.78, 5) is 2.54. The van der Waals surface area contributed by atoms with Crippen LogP contribution in [0.5, 0.6) is 0 Å². The Morgan fingerprint density at radius 2 is 1.89 bits per heavy atom.